The maximum atomic E-state index is 4.72. The van der Waals surface area contributed by atoms with Gasteiger partial charge in [0.05, 0.1) is 17.4 Å². The Morgan fingerprint density at radius 2 is 1.79 bits per heavy atom. The highest BCUT2D eigenvalue weighted by molar-refractivity contribution is 5.30. The standard InChI is InChI=1S/C16H23N3/c1-4-13(5-2)16(17-3)15-11-12-19(18-15)14-9-7-6-8-10-14/h6-13,16-17H,4-5H2,1-3H3. The lowest BCUT2D eigenvalue weighted by atomic mass is 9.92. The Bertz CT molecular complexity index is 486. The fourth-order valence-corrected chi connectivity index (χ4v) is 2.61. The Morgan fingerprint density at radius 3 is 2.37 bits per heavy atom. The monoisotopic (exact) mass is 257 g/mol. The van der Waals surface area contributed by atoms with Gasteiger partial charge in [-0.15, -0.1) is 0 Å². The number of para-hydroxylation sites is 1. The minimum Gasteiger partial charge on any atom is -0.311 e. The Labute approximate surface area is 115 Å². The minimum atomic E-state index is 0.333. The Hall–Kier alpha value is -1.61. The predicted molar refractivity (Wildman–Crippen MR) is 79.4 cm³/mol. The molecule has 3 nitrogen and oxygen atoms in total. The molecule has 0 aliphatic rings. The first-order chi connectivity index (χ1) is 9.30. The molecular formula is C16H23N3. The van der Waals surface area contributed by atoms with Crippen molar-refractivity contribution in [3.8, 4) is 5.69 Å². The van der Waals surface area contributed by atoms with Gasteiger partial charge >= 0.3 is 0 Å². The van der Waals surface area contributed by atoms with Crippen molar-refractivity contribution in [3.05, 3.63) is 48.3 Å². The van der Waals surface area contributed by atoms with Gasteiger partial charge in [0.15, 0.2) is 0 Å². The summed E-state index contributed by atoms with van der Waals surface area (Å²) in [5.41, 5.74) is 2.23. The molecule has 19 heavy (non-hydrogen) atoms. The zero-order chi connectivity index (χ0) is 13.7. The van der Waals surface area contributed by atoms with Crippen LogP contribution in [0.2, 0.25) is 0 Å². The second-order valence-corrected chi connectivity index (χ2v) is 4.86. The fourth-order valence-electron chi connectivity index (χ4n) is 2.61. The molecule has 0 spiro atoms. The van der Waals surface area contributed by atoms with Gasteiger partial charge in [0.2, 0.25) is 0 Å². The fraction of sp³-hybridized carbons (Fsp3) is 0.438. The molecule has 1 aromatic heterocycles. The lowest BCUT2D eigenvalue weighted by Gasteiger charge is -2.23. The van der Waals surface area contributed by atoms with Gasteiger partial charge in [-0.3, -0.25) is 0 Å². The van der Waals surface area contributed by atoms with Gasteiger partial charge in [0.1, 0.15) is 0 Å². The van der Waals surface area contributed by atoms with E-state index < -0.39 is 0 Å². The van der Waals surface area contributed by atoms with E-state index in [-0.39, 0.29) is 0 Å². The predicted octanol–water partition coefficient (Wildman–Crippen LogP) is 3.57. The number of nitrogens with zero attached hydrogens (tertiary/aromatic N) is 2. The van der Waals surface area contributed by atoms with Crippen molar-refractivity contribution in [2.75, 3.05) is 7.05 Å². The molecule has 0 saturated carbocycles. The summed E-state index contributed by atoms with van der Waals surface area (Å²) < 4.78 is 1.95. The molecular weight excluding hydrogens is 234 g/mol. The maximum Gasteiger partial charge on any atom is 0.0801 e. The first-order valence-electron chi connectivity index (χ1n) is 7.08. The van der Waals surface area contributed by atoms with E-state index in [1.165, 1.54) is 12.8 Å². The molecule has 0 saturated heterocycles. The van der Waals surface area contributed by atoms with Crippen LogP contribution in [0.25, 0.3) is 5.69 Å². The van der Waals surface area contributed by atoms with Crippen LogP contribution in [0.5, 0.6) is 0 Å². The number of hydrogen-bond donors (Lipinski definition) is 1. The summed E-state index contributed by atoms with van der Waals surface area (Å²) in [6.07, 6.45) is 4.37. The molecule has 0 fully saturated rings. The summed E-state index contributed by atoms with van der Waals surface area (Å²) in [4.78, 5) is 0. The summed E-state index contributed by atoms with van der Waals surface area (Å²) in [5.74, 6) is 0.629. The third-order valence-electron chi connectivity index (χ3n) is 3.78. The molecule has 0 aliphatic heterocycles. The number of benzene rings is 1. The number of rotatable bonds is 6. The van der Waals surface area contributed by atoms with E-state index in [1.807, 2.05) is 36.1 Å². The van der Waals surface area contributed by atoms with Gasteiger partial charge in [-0.05, 0) is 31.2 Å². The minimum absolute atomic E-state index is 0.333. The van der Waals surface area contributed by atoms with Gasteiger partial charge in [0.25, 0.3) is 0 Å². The van der Waals surface area contributed by atoms with Crippen molar-refractivity contribution >= 4 is 0 Å². The van der Waals surface area contributed by atoms with Crippen LogP contribution in [0.1, 0.15) is 38.4 Å². The molecule has 1 atom stereocenters. The largest absolute Gasteiger partial charge is 0.311 e. The van der Waals surface area contributed by atoms with Crippen LogP contribution in [-0.4, -0.2) is 16.8 Å². The topological polar surface area (TPSA) is 29.9 Å². The van der Waals surface area contributed by atoms with Crippen LogP contribution in [0, 0.1) is 5.92 Å². The first-order valence-corrected chi connectivity index (χ1v) is 7.08. The lowest BCUT2D eigenvalue weighted by molar-refractivity contribution is 0.352. The molecule has 1 aromatic carbocycles. The number of nitrogens with one attached hydrogen (secondary N) is 1. The zero-order valence-electron chi connectivity index (χ0n) is 12.0. The average Bonchev–Trinajstić information content (AvgIpc) is 2.95. The van der Waals surface area contributed by atoms with Gasteiger partial charge in [0, 0.05) is 6.20 Å². The first kappa shape index (κ1) is 13.8. The molecule has 2 aromatic rings. The van der Waals surface area contributed by atoms with E-state index in [0.717, 1.165) is 11.4 Å². The lowest BCUT2D eigenvalue weighted by Crippen LogP contribution is -2.25. The second kappa shape index (κ2) is 6.53. The van der Waals surface area contributed by atoms with E-state index in [1.54, 1.807) is 0 Å². The Kier molecular flexibility index (Phi) is 4.74. The third-order valence-corrected chi connectivity index (χ3v) is 3.78. The molecule has 3 heteroatoms. The van der Waals surface area contributed by atoms with Crippen LogP contribution in [-0.2, 0) is 0 Å². The number of hydrogen-bond acceptors (Lipinski definition) is 2. The molecule has 102 valence electrons. The highest BCUT2D eigenvalue weighted by Gasteiger charge is 2.20. The maximum absolute atomic E-state index is 4.72. The van der Waals surface area contributed by atoms with E-state index in [2.05, 4.69) is 37.4 Å². The molecule has 1 unspecified atom stereocenters. The van der Waals surface area contributed by atoms with E-state index in [4.69, 9.17) is 5.10 Å². The van der Waals surface area contributed by atoms with Crippen molar-refractivity contribution in [2.24, 2.45) is 5.92 Å². The summed E-state index contributed by atoms with van der Waals surface area (Å²) >= 11 is 0. The van der Waals surface area contributed by atoms with Crippen molar-refractivity contribution in [2.45, 2.75) is 32.7 Å². The highest BCUT2D eigenvalue weighted by Crippen LogP contribution is 2.26. The quantitative estimate of drug-likeness (QED) is 0.857. The SMILES string of the molecule is CCC(CC)C(NC)c1ccn(-c2ccccc2)n1. The zero-order valence-corrected chi connectivity index (χ0v) is 12.0. The third kappa shape index (κ3) is 3.04. The average molecular weight is 257 g/mol. The smallest absolute Gasteiger partial charge is 0.0801 e. The van der Waals surface area contributed by atoms with Crippen molar-refractivity contribution < 1.29 is 0 Å². The summed E-state index contributed by atoms with van der Waals surface area (Å²) in [6.45, 7) is 4.49. The van der Waals surface area contributed by atoms with Crippen molar-refractivity contribution in [1.82, 2.24) is 15.1 Å². The van der Waals surface area contributed by atoms with Crippen LogP contribution >= 0.6 is 0 Å². The van der Waals surface area contributed by atoms with Crippen LogP contribution in [0.3, 0.4) is 0 Å². The summed E-state index contributed by atoms with van der Waals surface area (Å²) in [5, 5.41) is 8.13. The van der Waals surface area contributed by atoms with Crippen LogP contribution in [0.4, 0.5) is 0 Å². The summed E-state index contributed by atoms with van der Waals surface area (Å²) in [6, 6.07) is 12.7. The summed E-state index contributed by atoms with van der Waals surface area (Å²) in [7, 11) is 2.02. The second-order valence-electron chi connectivity index (χ2n) is 4.86. The van der Waals surface area contributed by atoms with Gasteiger partial charge in [-0.25, -0.2) is 4.68 Å². The molecule has 1 heterocycles. The molecule has 0 radical (unpaired) electrons. The highest BCUT2D eigenvalue weighted by atomic mass is 15.3. The molecule has 0 bridgehead atoms. The van der Waals surface area contributed by atoms with Crippen LogP contribution in [0.15, 0.2) is 42.6 Å². The molecule has 0 aliphatic carbocycles. The van der Waals surface area contributed by atoms with E-state index in [0.29, 0.717) is 12.0 Å². The Balaban J connectivity index is 2.24. The Morgan fingerprint density at radius 1 is 1.11 bits per heavy atom. The van der Waals surface area contributed by atoms with Crippen molar-refractivity contribution in [1.29, 1.82) is 0 Å². The van der Waals surface area contributed by atoms with Gasteiger partial charge in [-0.2, -0.15) is 5.10 Å². The van der Waals surface area contributed by atoms with E-state index in [9.17, 15) is 0 Å². The molecule has 1 N–H and O–H groups in total. The van der Waals surface area contributed by atoms with Crippen molar-refractivity contribution in [3.63, 3.8) is 0 Å². The number of aromatic nitrogens is 2. The van der Waals surface area contributed by atoms with Gasteiger partial charge in [-0.1, -0.05) is 44.9 Å². The van der Waals surface area contributed by atoms with E-state index >= 15 is 0 Å². The molecule has 0 amide bonds. The molecule has 2 rings (SSSR count). The normalized spacial score (nSPS) is 12.8. The van der Waals surface area contributed by atoms with Gasteiger partial charge < -0.3 is 5.32 Å². The van der Waals surface area contributed by atoms with Crippen LogP contribution < -0.4 is 5.32 Å².